The molecule has 0 saturated carbocycles. The lowest BCUT2D eigenvalue weighted by molar-refractivity contribution is -0.153. The highest BCUT2D eigenvalue weighted by molar-refractivity contribution is 5.97. The third-order valence-corrected chi connectivity index (χ3v) is 5.95. The Bertz CT molecular complexity index is 946. The van der Waals surface area contributed by atoms with Crippen LogP contribution >= 0.6 is 0 Å². The Morgan fingerprint density at radius 2 is 1.70 bits per heavy atom. The van der Waals surface area contributed by atoms with Crippen molar-refractivity contribution in [3.63, 3.8) is 0 Å². The number of amides is 2. The van der Waals surface area contributed by atoms with Crippen molar-refractivity contribution in [1.29, 1.82) is 0 Å². The maximum Gasteiger partial charge on any atom is 0.414 e. The van der Waals surface area contributed by atoms with Gasteiger partial charge in [0.1, 0.15) is 11.4 Å². The zero-order chi connectivity index (χ0) is 24.1. The van der Waals surface area contributed by atoms with Gasteiger partial charge < -0.3 is 19.7 Å². The first-order chi connectivity index (χ1) is 15.6. The minimum Gasteiger partial charge on any atom is -0.410 e. The molecule has 0 aromatic heterocycles. The van der Waals surface area contributed by atoms with Crippen molar-refractivity contribution < 1.29 is 19.1 Å². The van der Waals surface area contributed by atoms with E-state index in [0.717, 1.165) is 18.7 Å². The molecule has 7 heteroatoms. The van der Waals surface area contributed by atoms with Crippen molar-refractivity contribution >= 4 is 17.7 Å². The van der Waals surface area contributed by atoms with Gasteiger partial charge in [0.25, 0.3) is 5.91 Å². The number of hydrogen-bond acceptors (Lipinski definition) is 5. The van der Waals surface area contributed by atoms with Crippen molar-refractivity contribution in [3.8, 4) is 5.75 Å². The Kier molecular flexibility index (Phi) is 7.76. The van der Waals surface area contributed by atoms with E-state index in [0.29, 0.717) is 30.9 Å². The molecular formula is C26H35N3O4. The normalized spacial score (nSPS) is 16.2. The lowest BCUT2D eigenvalue weighted by Gasteiger charge is -2.45. The van der Waals surface area contributed by atoms with Gasteiger partial charge in [-0.05, 0) is 51.3 Å². The number of nitrogens with one attached hydrogen (secondary N) is 1. The maximum absolute atomic E-state index is 13.5. The van der Waals surface area contributed by atoms with E-state index < -0.39 is 11.7 Å². The number of anilines is 1. The minimum atomic E-state index is -0.937. The lowest BCUT2D eigenvalue weighted by Crippen LogP contribution is -2.56. The van der Waals surface area contributed by atoms with Gasteiger partial charge in [-0.2, -0.15) is 0 Å². The topological polar surface area (TPSA) is 71.1 Å². The number of nitrogens with zero attached hydrogens (tertiary/aromatic N) is 2. The van der Waals surface area contributed by atoms with Gasteiger partial charge in [-0.1, -0.05) is 36.4 Å². The van der Waals surface area contributed by atoms with E-state index in [2.05, 4.69) is 31.0 Å². The zero-order valence-electron chi connectivity index (χ0n) is 20.3. The molecular weight excluding hydrogens is 418 g/mol. The number of carbonyl (C=O) groups is 2. The van der Waals surface area contributed by atoms with Gasteiger partial charge >= 0.3 is 6.09 Å². The third-order valence-electron chi connectivity index (χ3n) is 5.95. The van der Waals surface area contributed by atoms with Gasteiger partial charge in [-0.25, -0.2) is 4.79 Å². The van der Waals surface area contributed by atoms with Crippen molar-refractivity contribution in [2.45, 2.75) is 51.4 Å². The van der Waals surface area contributed by atoms with Crippen LogP contribution in [-0.2, 0) is 16.1 Å². The summed E-state index contributed by atoms with van der Waals surface area (Å²) in [5.74, 6) is 0.191. The largest absolute Gasteiger partial charge is 0.414 e. The number of carbonyl (C=O) groups excluding carboxylic acids is 2. The highest BCUT2D eigenvalue weighted by Gasteiger charge is 2.44. The Morgan fingerprint density at radius 3 is 2.30 bits per heavy atom. The van der Waals surface area contributed by atoms with Crippen LogP contribution in [0.5, 0.6) is 5.75 Å². The van der Waals surface area contributed by atoms with Crippen LogP contribution in [0.25, 0.3) is 0 Å². The van der Waals surface area contributed by atoms with Crippen molar-refractivity contribution in [2.24, 2.45) is 0 Å². The monoisotopic (exact) mass is 453 g/mol. The van der Waals surface area contributed by atoms with Crippen LogP contribution < -0.4 is 10.1 Å². The molecule has 1 aliphatic rings. The summed E-state index contributed by atoms with van der Waals surface area (Å²) in [5, 5.41) is 3.00. The molecule has 7 nitrogen and oxygen atoms in total. The first-order valence-corrected chi connectivity index (χ1v) is 11.3. The molecule has 0 bridgehead atoms. The fourth-order valence-electron chi connectivity index (χ4n) is 3.85. The fourth-order valence-corrected chi connectivity index (χ4v) is 3.85. The number of rotatable bonds is 6. The Morgan fingerprint density at radius 1 is 1.03 bits per heavy atom. The van der Waals surface area contributed by atoms with Gasteiger partial charge in [0.15, 0.2) is 0 Å². The third kappa shape index (κ3) is 6.55. The van der Waals surface area contributed by atoms with Gasteiger partial charge in [0.05, 0.1) is 6.61 Å². The molecule has 1 aliphatic heterocycles. The summed E-state index contributed by atoms with van der Waals surface area (Å²) >= 11 is 0. The summed E-state index contributed by atoms with van der Waals surface area (Å²) in [7, 11) is 3.23. The van der Waals surface area contributed by atoms with E-state index in [1.165, 1.54) is 4.90 Å². The van der Waals surface area contributed by atoms with Crippen LogP contribution in [0, 0.1) is 0 Å². The first-order valence-electron chi connectivity index (χ1n) is 11.3. The molecule has 2 aromatic rings. The summed E-state index contributed by atoms with van der Waals surface area (Å²) in [5.41, 5.74) is 0.686. The second-order valence-electron chi connectivity index (χ2n) is 9.67. The van der Waals surface area contributed by atoms with E-state index in [4.69, 9.17) is 9.47 Å². The van der Waals surface area contributed by atoms with Crippen molar-refractivity contribution in [2.75, 3.05) is 32.5 Å². The average molecular weight is 454 g/mol. The van der Waals surface area contributed by atoms with Gasteiger partial charge in [0, 0.05) is 44.5 Å². The summed E-state index contributed by atoms with van der Waals surface area (Å²) in [4.78, 5) is 29.1. The molecule has 1 saturated heterocycles. The van der Waals surface area contributed by atoms with E-state index in [1.807, 2.05) is 30.3 Å². The maximum atomic E-state index is 13.5. The molecule has 2 aromatic carbocycles. The Balaban J connectivity index is 1.76. The molecule has 2 amide bonds. The minimum absolute atomic E-state index is 0.0344. The summed E-state index contributed by atoms with van der Waals surface area (Å²) in [6.45, 7) is 8.46. The predicted octanol–water partition coefficient (Wildman–Crippen LogP) is 4.54. The number of likely N-dealkylation sites (tertiary alicyclic amines) is 1. The lowest BCUT2D eigenvalue weighted by atomic mass is 9.87. The van der Waals surface area contributed by atoms with Crippen LogP contribution in [0.1, 0.15) is 39.2 Å². The van der Waals surface area contributed by atoms with E-state index in [1.54, 1.807) is 38.4 Å². The van der Waals surface area contributed by atoms with E-state index in [9.17, 15) is 9.59 Å². The Labute approximate surface area is 196 Å². The Hall–Kier alpha value is -2.90. The smallest absolute Gasteiger partial charge is 0.410 e. The molecule has 1 fully saturated rings. The SMILES string of the molecule is CN(C)C(=O)Oc1cccc(NC(=O)C2(OCc3ccccc3)CCN(C(C)(C)C)CC2)c1. The summed E-state index contributed by atoms with van der Waals surface area (Å²) in [6.07, 6.45) is 0.715. The molecule has 0 aliphatic carbocycles. The molecule has 178 valence electrons. The number of piperidine rings is 1. The second-order valence-corrected chi connectivity index (χ2v) is 9.67. The number of benzene rings is 2. The van der Waals surface area contributed by atoms with Crippen LogP contribution in [-0.4, -0.2) is 60.1 Å². The molecule has 0 spiro atoms. The summed E-state index contributed by atoms with van der Waals surface area (Å²) < 4.78 is 11.7. The molecule has 33 heavy (non-hydrogen) atoms. The predicted molar refractivity (Wildman–Crippen MR) is 129 cm³/mol. The average Bonchev–Trinajstić information content (AvgIpc) is 2.78. The van der Waals surface area contributed by atoms with Crippen molar-refractivity contribution in [1.82, 2.24) is 9.80 Å². The zero-order valence-corrected chi connectivity index (χ0v) is 20.3. The molecule has 0 radical (unpaired) electrons. The standard InChI is InChI=1S/C26H35N3O4/c1-25(2,3)29-16-14-26(15-17-29,32-19-20-10-7-6-8-11-20)23(30)27-21-12-9-13-22(18-21)33-24(31)28(4)5/h6-13,18H,14-17,19H2,1-5H3,(H,27,30). The number of ether oxygens (including phenoxy) is 2. The quantitative estimate of drug-likeness (QED) is 0.696. The molecule has 0 atom stereocenters. The van der Waals surface area contributed by atoms with E-state index in [-0.39, 0.29) is 11.4 Å². The van der Waals surface area contributed by atoms with Crippen LogP contribution in [0.4, 0.5) is 10.5 Å². The molecule has 0 unspecified atom stereocenters. The van der Waals surface area contributed by atoms with E-state index >= 15 is 0 Å². The fraction of sp³-hybridized carbons (Fsp3) is 0.462. The highest BCUT2D eigenvalue weighted by Crippen LogP contribution is 2.32. The van der Waals surface area contributed by atoms with Gasteiger partial charge in [-0.15, -0.1) is 0 Å². The molecule has 1 heterocycles. The molecule has 1 N–H and O–H groups in total. The van der Waals surface area contributed by atoms with Crippen LogP contribution in [0.2, 0.25) is 0 Å². The van der Waals surface area contributed by atoms with Crippen molar-refractivity contribution in [3.05, 3.63) is 60.2 Å². The number of hydrogen-bond donors (Lipinski definition) is 1. The second kappa shape index (κ2) is 10.4. The molecule has 3 rings (SSSR count). The highest BCUT2D eigenvalue weighted by atomic mass is 16.6. The first kappa shape index (κ1) is 24.7. The van der Waals surface area contributed by atoms with Crippen LogP contribution in [0.3, 0.4) is 0 Å². The van der Waals surface area contributed by atoms with Crippen LogP contribution in [0.15, 0.2) is 54.6 Å². The van der Waals surface area contributed by atoms with Gasteiger partial charge in [-0.3, -0.25) is 9.69 Å². The van der Waals surface area contributed by atoms with Gasteiger partial charge in [0.2, 0.25) is 0 Å². The summed E-state index contributed by atoms with van der Waals surface area (Å²) in [6, 6.07) is 16.7.